The molecule has 0 heterocycles. The van der Waals surface area contributed by atoms with E-state index in [0.29, 0.717) is 10.4 Å². The van der Waals surface area contributed by atoms with Gasteiger partial charge in [-0.05, 0) is 37.5 Å². The largest absolute Gasteiger partial charge is 0.491 e. The molecule has 0 aromatic heterocycles. The summed E-state index contributed by atoms with van der Waals surface area (Å²) in [4.78, 5) is 0. The van der Waals surface area contributed by atoms with E-state index in [-0.39, 0.29) is 0 Å². The third-order valence-corrected chi connectivity index (χ3v) is 4.35. The molecule has 1 aliphatic carbocycles. The van der Waals surface area contributed by atoms with Crippen molar-refractivity contribution in [2.24, 2.45) is 5.41 Å². The third-order valence-electron chi connectivity index (χ3n) is 2.86. The molecule has 0 N–H and O–H groups in total. The van der Waals surface area contributed by atoms with Crippen LogP contribution in [-0.2, 0) is 0 Å². The van der Waals surface area contributed by atoms with Gasteiger partial charge in [-0.15, -0.1) is 0 Å². The van der Waals surface area contributed by atoms with Crippen molar-refractivity contribution in [2.45, 2.75) is 19.8 Å². The summed E-state index contributed by atoms with van der Waals surface area (Å²) >= 11 is 9.61. The molecule has 3 heteroatoms. The molecule has 1 aromatic rings. The lowest BCUT2D eigenvalue weighted by Gasteiger charge is -2.14. The SMILES string of the molecule is Cc1ccc(OCC2(CBr)CC2)c(Cl)c1. The number of ether oxygens (including phenoxy) is 1. The average Bonchev–Trinajstić information content (AvgIpc) is 2.97. The first kappa shape index (κ1) is 11.3. The Morgan fingerprint density at radius 2 is 2.20 bits per heavy atom. The van der Waals surface area contributed by atoms with Crippen molar-refractivity contribution in [3.63, 3.8) is 0 Å². The van der Waals surface area contributed by atoms with Crippen LogP contribution in [0.2, 0.25) is 5.02 Å². The molecule has 0 amide bonds. The molecule has 0 radical (unpaired) electrons. The van der Waals surface area contributed by atoms with Crippen LogP contribution < -0.4 is 4.74 Å². The van der Waals surface area contributed by atoms with Gasteiger partial charge < -0.3 is 4.74 Å². The van der Waals surface area contributed by atoms with Gasteiger partial charge in [-0.3, -0.25) is 0 Å². The van der Waals surface area contributed by atoms with Gasteiger partial charge in [-0.25, -0.2) is 0 Å². The van der Waals surface area contributed by atoms with Gasteiger partial charge in [-0.2, -0.15) is 0 Å². The molecule has 0 unspecified atom stereocenters. The van der Waals surface area contributed by atoms with Gasteiger partial charge in [0.15, 0.2) is 0 Å². The zero-order valence-electron chi connectivity index (χ0n) is 8.72. The van der Waals surface area contributed by atoms with Crippen molar-refractivity contribution in [3.8, 4) is 5.75 Å². The summed E-state index contributed by atoms with van der Waals surface area (Å²) in [7, 11) is 0. The number of halogens is 2. The molecule has 0 saturated heterocycles. The Morgan fingerprint density at radius 3 is 2.73 bits per heavy atom. The molecule has 1 saturated carbocycles. The Hall–Kier alpha value is -0.210. The normalized spacial score (nSPS) is 17.5. The van der Waals surface area contributed by atoms with Gasteiger partial charge in [0.1, 0.15) is 5.75 Å². The second-order valence-electron chi connectivity index (χ2n) is 4.36. The van der Waals surface area contributed by atoms with E-state index in [1.165, 1.54) is 12.8 Å². The number of benzene rings is 1. The number of alkyl halides is 1. The van der Waals surface area contributed by atoms with Gasteiger partial charge in [-0.1, -0.05) is 33.6 Å². The minimum atomic E-state index is 0.369. The molecule has 2 rings (SSSR count). The van der Waals surface area contributed by atoms with Crippen LogP contribution in [0, 0.1) is 12.3 Å². The molecule has 0 bridgehead atoms. The van der Waals surface area contributed by atoms with Crippen LogP contribution in [0.5, 0.6) is 5.75 Å². The summed E-state index contributed by atoms with van der Waals surface area (Å²) < 4.78 is 5.75. The topological polar surface area (TPSA) is 9.23 Å². The molecule has 1 aliphatic rings. The predicted octanol–water partition coefficient (Wildman–Crippen LogP) is 4.20. The fourth-order valence-corrected chi connectivity index (χ4v) is 2.46. The number of aryl methyl sites for hydroxylation is 1. The van der Waals surface area contributed by atoms with E-state index < -0.39 is 0 Å². The molecular weight excluding hydrogens is 275 g/mol. The molecule has 1 fully saturated rings. The van der Waals surface area contributed by atoms with E-state index in [4.69, 9.17) is 16.3 Å². The molecule has 1 nitrogen and oxygen atoms in total. The monoisotopic (exact) mass is 288 g/mol. The summed E-state index contributed by atoms with van der Waals surface area (Å²) in [6, 6.07) is 5.90. The highest BCUT2D eigenvalue weighted by atomic mass is 79.9. The summed E-state index contributed by atoms with van der Waals surface area (Å²) in [5, 5.41) is 1.73. The fourth-order valence-electron chi connectivity index (χ4n) is 1.45. The van der Waals surface area contributed by atoms with Crippen LogP contribution in [0.25, 0.3) is 0 Å². The maximum Gasteiger partial charge on any atom is 0.137 e. The van der Waals surface area contributed by atoms with Gasteiger partial charge in [0, 0.05) is 10.7 Å². The second-order valence-corrected chi connectivity index (χ2v) is 5.32. The minimum absolute atomic E-state index is 0.369. The van der Waals surface area contributed by atoms with Gasteiger partial charge in [0.2, 0.25) is 0 Å². The maximum atomic E-state index is 6.09. The first-order valence-corrected chi connectivity index (χ1v) is 6.60. The lowest BCUT2D eigenvalue weighted by molar-refractivity contribution is 0.251. The number of rotatable bonds is 4. The van der Waals surface area contributed by atoms with Crippen molar-refractivity contribution in [1.29, 1.82) is 0 Å². The average molecular weight is 290 g/mol. The second kappa shape index (κ2) is 4.34. The Bertz CT molecular complexity index is 361. The van der Waals surface area contributed by atoms with Crippen molar-refractivity contribution in [3.05, 3.63) is 28.8 Å². The maximum absolute atomic E-state index is 6.09. The Labute approximate surface area is 104 Å². The number of hydrogen-bond donors (Lipinski definition) is 0. The molecule has 82 valence electrons. The first-order valence-electron chi connectivity index (χ1n) is 5.10. The van der Waals surface area contributed by atoms with E-state index in [2.05, 4.69) is 15.9 Å². The summed E-state index contributed by atoms with van der Waals surface area (Å²) in [6.07, 6.45) is 2.50. The Kier molecular flexibility index (Phi) is 3.27. The summed E-state index contributed by atoms with van der Waals surface area (Å²) in [5.41, 5.74) is 1.53. The summed E-state index contributed by atoms with van der Waals surface area (Å²) in [5.74, 6) is 0.800. The molecular formula is C12H14BrClO. The minimum Gasteiger partial charge on any atom is -0.491 e. The van der Waals surface area contributed by atoms with Crippen molar-refractivity contribution in [1.82, 2.24) is 0 Å². The van der Waals surface area contributed by atoms with Crippen LogP contribution in [0.15, 0.2) is 18.2 Å². The van der Waals surface area contributed by atoms with Crippen molar-refractivity contribution >= 4 is 27.5 Å². The zero-order valence-corrected chi connectivity index (χ0v) is 11.1. The van der Waals surface area contributed by atoms with E-state index in [1.807, 2.05) is 25.1 Å². The van der Waals surface area contributed by atoms with Crippen molar-refractivity contribution in [2.75, 3.05) is 11.9 Å². The lowest BCUT2D eigenvalue weighted by atomic mass is 10.2. The first-order chi connectivity index (χ1) is 7.15. The van der Waals surface area contributed by atoms with Gasteiger partial charge in [0.25, 0.3) is 0 Å². The lowest BCUT2D eigenvalue weighted by Crippen LogP contribution is -2.14. The van der Waals surface area contributed by atoms with Crippen LogP contribution in [0.3, 0.4) is 0 Å². The van der Waals surface area contributed by atoms with Crippen molar-refractivity contribution < 1.29 is 4.74 Å². The third kappa shape index (κ3) is 2.67. The zero-order chi connectivity index (χ0) is 10.9. The fraction of sp³-hybridized carbons (Fsp3) is 0.500. The van der Waals surface area contributed by atoms with Gasteiger partial charge in [0.05, 0.1) is 11.6 Å². The highest BCUT2D eigenvalue weighted by molar-refractivity contribution is 9.09. The Morgan fingerprint density at radius 1 is 1.47 bits per heavy atom. The number of hydrogen-bond acceptors (Lipinski definition) is 1. The van der Waals surface area contributed by atoms with Crippen LogP contribution in [-0.4, -0.2) is 11.9 Å². The highest BCUT2D eigenvalue weighted by Gasteiger charge is 2.42. The van der Waals surface area contributed by atoms with Crippen LogP contribution in [0.1, 0.15) is 18.4 Å². The van der Waals surface area contributed by atoms with E-state index in [0.717, 1.165) is 23.2 Å². The van der Waals surface area contributed by atoms with E-state index >= 15 is 0 Å². The molecule has 0 aliphatic heterocycles. The molecule has 0 spiro atoms. The van der Waals surface area contributed by atoms with Crippen LogP contribution in [0.4, 0.5) is 0 Å². The van der Waals surface area contributed by atoms with Crippen LogP contribution >= 0.6 is 27.5 Å². The van der Waals surface area contributed by atoms with E-state index in [9.17, 15) is 0 Å². The quantitative estimate of drug-likeness (QED) is 0.755. The molecule has 0 atom stereocenters. The standard InChI is InChI=1S/C12H14BrClO/c1-9-2-3-11(10(14)6-9)15-8-12(7-13)4-5-12/h2-3,6H,4-5,7-8H2,1H3. The summed E-state index contributed by atoms with van der Waals surface area (Å²) in [6.45, 7) is 2.79. The highest BCUT2D eigenvalue weighted by Crippen LogP contribution is 2.47. The molecule has 1 aromatic carbocycles. The predicted molar refractivity (Wildman–Crippen MR) is 67.1 cm³/mol. The van der Waals surface area contributed by atoms with E-state index in [1.54, 1.807) is 0 Å². The smallest absolute Gasteiger partial charge is 0.137 e. The van der Waals surface area contributed by atoms with Gasteiger partial charge >= 0.3 is 0 Å². The molecule has 15 heavy (non-hydrogen) atoms. The Balaban J connectivity index is 1.99.